The third kappa shape index (κ3) is 4.30. The smallest absolute Gasteiger partial charge is 0.275 e. The molecule has 1 aliphatic carbocycles. The molecule has 0 saturated heterocycles. The van der Waals surface area contributed by atoms with E-state index in [0.717, 1.165) is 6.07 Å². The number of carbonyl (C=O) groups is 1. The van der Waals surface area contributed by atoms with E-state index in [1.54, 1.807) is 20.1 Å². The average Bonchev–Trinajstić information content (AvgIpc) is 3.49. The van der Waals surface area contributed by atoms with Crippen molar-refractivity contribution in [2.75, 3.05) is 25.6 Å². The van der Waals surface area contributed by atoms with E-state index in [9.17, 15) is 13.6 Å². The minimum absolute atomic E-state index is 0.0169. The highest BCUT2D eigenvalue weighted by atomic mass is 32.2. The van der Waals surface area contributed by atoms with Gasteiger partial charge in [0.15, 0.2) is 16.8 Å². The van der Waals surface area contributed by atoms with E-state index >= 15 is 0 Å². The molecule has 2 aliphatic rings. The molecule has 8 nitrogen and oxygen atoms in total. The number of rotatable bonds is 8. The number of hydrogen-bond donors (Lipinski definition) is 2. The first-order chi connectivity index (χ1) is 15.7. The maximum absolute atomic E-state index is 15.0. The molecule has 2 aromatic rings. The van der Waals surface area contributed by atoms with Gasteiger partial charge in [-0.3, -0.25) is 9.79 Å². The van der Waals surface area contributed by atoms with Gasteiger partial charge in [-0.15, -0.1) is 0 Å². The zero-order valence-corrected chi connectivity index (χ0v) is 18.9. The number of nitrogens with two attached hydrogens (primary N) is 1. The molecule has 174 valence electrons. The van der Waals surface area contributed by atoms with Crippen molar-refractivity contribution in [3.8, 4) is 5.88 Å². The molecule has 3 N–H and O–H groups in total. The monoisotopic (exact) mass is 475 g/mol. The number of nitrogens with zero attached hydrogens (tertiary/aromatic N) is 3. The van der Waals surface area contributed by atoms with E-state index in [4.69, 9.17) is 15.2 Å². The Morgan fingerprint density at radius 1 is 1.39 bits per heavy atom. The van der Waals surface area contributed by atoms with E-state index in [0.29, 0.717) is 13.0 Å². The summed E-state index contributed by atoms with van der Waals surface area (Å²) in [4.78, 5) is 25.1. The van der Waals surface area contributed by atoms with Gasteiger partial charge in [0.05, 0.1) is 29.3 Å². The van der Waals surface area contributed by atoms with E-state index in [1.165, 1.54) is 30.2 Å². The standard InChI is InChI=1S/C22H23F2N5O3S/c1-4-5-32-17-10-26-15(9-27-17)19(30)28-12-6-13(18(24)14(23)7-12)21(2)16-8-22(16,11-31-3)33-20(25)29-21/h4,6-7,9-10,16H,1,5,8,11H2,2-3H3,(H2,25,29)(H,28,30)/t16-,21-,22+/m0/s1. The minimum Gasteiger partial charge on any atom is -0.472 e. The van der Waals surface area contributed by atoms with Gasteiger partial charge in [0.2, 0.25) is 5.88 Å². The lowest BCUT2D eigenvalue weighted by Gasteiger charge is -2.34. The highest BCUT2D eigenvalue weighted by Gasteiger charge is 2.66. The molecule has 1 fully saturated rings. The van der Waals surface area contributed by atoms with Crippen LogP contribution in [0.2, 0.25) is 0 Å². The summed E-state index contributed by atoms with van der Waals surface area (Å²) >= 11 is 1.40. The third-order valence-electron chi connectivity index (χ3n) is 5.78. The van der Waals surface area contributed by atoms with Gasteiger partial charge in [0.25, 0.3) is 5.91 Å². The van der Waals surface area contributed by atoms with Gasteiger partial charge < -0.3 is 20.5 Å². The van der Waals surface area contributed by atoms with Gasteiger partial charge >= 0.3 is 0 Å². The predicted molar refractivity (Wildman–Crippen MR) is 121 cm³/mol. The second kappa shape index (κ2) is 8.71. The number of amidine groups is 1. The van der Waals surface area contributed by atoms with Crippen molar-refractivity contribution in [2.45, 2.75) is 23.6 Å². The van der Waals surface area contributed by atoms with Crippen molar-refractivity contribution in [3.63, 3.8) is 0 Å². The fraction of sp³-hybridized carbons (Fsp3) is 0.364. The zero-order chi connectivity index (χ0) is 23.8. The van der Waals surface area contributed by atoms with E-state index in [1.807, 2.05) is 0 Å². The van der Waals surface area contributed by atoms with Gasteiger partial charge in [0, 0.05) is 30.3 Å². The lowest BCUT2D eigenvalue weighted by atomic mass is 9.85. The van der Waals surface area contributed by atoms with E-state index in [2.05, 4.69) is 26.9 Å². The Morgan fingerprint density at radius 3 is 2.85 bits per heavy atom. The number of carbonyl (C=O) groups excluding carboxylic acids is 1. The minimum atomic E-state index is -1.11. The molecule has 4 rings (SSSR count). The fourth-order valence-corrected chi connectivity index (χ4v) is 5.66. The van der Waals surface area contributed by atoms with Crippen molar-refractivity contribution in [1.82, 2.24) is 9.97 Å². The molecule has 1 aliphatic heterocycles. The lowest BCUT2D eigenvalue weighted by molar-refractivity contribution is 0.102. The maximum atomic E-state index is 15.0. The first-order valence-electron chi connectivity index (χ1n) is 10.1. The van der Waals surface area contributed by atoms with Crippen LogP contribution in [-0.4, -0.2) is 46.1 Å². The van der Waals surface area contributed by atoms with Crippen molar-refractivity contribution in [2.24, 2.45) is 16.6 Å². The molecule has 3 atom stereocenters. The number of thioether (sulfide) groups is 1. The van der Waals surface area contributed by atoms with Crippen LogP contribution in [0.5, 0.6) is 5.88 Å². The zero-order valence-electron chi connectivity index (χ0n) is 18.1. The second-order valence-electron chi connectivity index (χ2n) is 8.07. The Bertz CT molecular complexity index is 1130. The summed E-state index contributed by atoms with van der Waals surface area (Å²) in [5.74, 6) is -2.64. The molecule has 0 radical (unpaired) electrons. The molecule has 1 amide bonds. The molecule has 1 saturated carbocycles. The molecule has 0 spiro atoms. The number of aromatic nitrogens is 2. The van der Waals surface area contributed by atoms with E-state index in [-0.39, 0.29) is 45.3 Å². The summed E-state index contributed by atoms with van der Waals surface area (Å²) in [7, 11) is 1.58. The van der Waals surface area contributed by atoms with Crippen LogP contribution in [-0.2, 0) is 10.3 Å². The third-order valence-corrected chi connectivity index (χ3v) is 7.06. The Hall–Kier alpha value is -3.05. The van der Waals surface area contributed by atoms with Crippen molar-refractivity contribution in [1.29, 1.82) is 0 Å². The molecular formula is C22H23F2N5O3S. The van der Waals surface area contributed by atoms with Crippen LogP contribution in [0, 0.1) is 17.6 Å². The van der Waals surface area contributed by atoms with Crippen LogP contribution >= 0.6 is 11.8 Å². The molecule has 1 aromatic heterocycles. The van der Waals surface area contributed by atoms with Gasteiger partial charge in [-0.2, -0.15) is 0 Å². The highest BCUT2D eigenvalue weighted by molar-refractivity contribution is 8.15. The summed E-state index contributed by atoms with van der Waals surface area (Å²) in [6, 6.07) is 2.29. The number of halogens is 2. The van der Waals surface area contributed by atoms with Gasteiger partial charge in [-0.05, 0) is 19.4 Å². The quantitative estimate of drug-likeness (QED) is 0.564. The van der Waals surface area contributed by atoms with Gasteiger partial charge in [-0.25, -0.2) is 18.7 Å². The molecule has 1 aromatic carbocycles. The number of nitrogens with one attached hydrogen (secondary N) is 1. The highest BCUT2D eigenvalue weighted by Crippen LogP contribution is 2.66. The number of hydrogen-bond acceptors (Lipinski definition) is 8. The van der Waals surface area contributed by atoms with Crippen molar-refractivity contribution >= 4 is 28.5 Å². The summed E-state index contributed by atoms with van der Waals surface area (Å²) in [5, 5.41) is 2.83. The average molecular weight is 476 g/mol. The Balaban J connectivity index is 1.61. The Morgan fingerprint density at radius 2 is 2.18 bits per heavy atom. The molecule has 0 bridgehead atoms. The number of anilines is 1. The summed E-state index contributed by atoms with van der Waals surface area (Å²) in [6.45, 7) is 5.92. The summed E-state index contributed by atoms with van der Waals surface area (Å²) < 4.78 is 39.8. The molecule has 2 heterocycles. The Kier molecular flexibility index (Phi) is 6.10. The largest absolute Gasteiger partial charge is 0.472 e. The fourth-order valence-electron chi connectivity index (χ4n) is 4.21. The first kappa shape index (κ1) is 23.1. The van der Waals surface area contributed by atoms with Crippen LogP contribution in [0.15, 0.2) is 42.2 Å². The van der Waals surface area contributed by atoms with Crippen LogP contribution < -0.4 is 15.8 Å². The van der Waals surface area contributed by atoms with Crippen LogP contribution in [0.3, 0.4) is 0 Å². The predicted octanol–water partition coefficient (Wildman–Crippen LogP) is 3.25. The number of fused-ring (bicyclic) bond motifs is 1. The Labute approximate surface area is 193 Å². The molecule has 11 heteroatoms. The normalized spacial score (nSPS) is 25.6. The van der Waals surface area contributed by atoms with Gasteiger partial charge in [-0.1, -0.05) is 24.4 Å². The first-order valence-corrected chi connectivity index (χ1v) is 10.9. The van der Waals surface area contributed by atoms with Crippen LogP contribution in [0.25, 0.3) is 0 Å². The number of ether oxygens (including phenoxy) is 2. The molecular weight excluding hydrogens is 452 g/mol. The topological polar surface area (TPSA) is 112 Å². The van der Waals surface area contributed by atoms with Gasteiger partial charge in [0.1, 0.15) is 12.3 Å². The maximum Gasteiger partial charge on any atom is 0.275 e. The number of benzene rings is 1. The SMILES string of the molecule is C=CCOc1cnc(C(=O)Nc2cc(F)c(F)c([C@]3(C)N=C(N)S[C@@]4(COC)C[C@H]43)c2)cn1. The van der Waals surface area contributed by atoms with Crippen LogP contribution in [0.4, 0.5) is 14.5 Å². The number of methoxy groups -OCH3 is 1. The molecule has 0 unspecified atom stereocenters. The molecule has 33 heavy (non-hydrogen) atoms. The summed E-state index contributed by atoms with van der Waals surface area (Å²) in [6.07, 6.45) is 4.76. The summed E-state index contributed by atoms with van der Waals surface area (Å²) in [5.41, 5.74) is 5.00. The van der Waals surface area contributed by atoms with E-state index < -0.39 is 23.1 Å². The van der Waals surface area contributed by atoms with Crippen molar-refractivity contribution in [3.05, 3.63) is 60.1 Å². The number of aliphatic imine (C=N–C) groups is 1. The van der Waals surface area contributed by atoms with Crippen LogP contribution in [0.1, 0.15) is 29.4 Å². The number of amides is 1. The lowest BCUT2D eigenvalue weighted by Crippen LogP contribution is -2.38. The van der Waals surface area contributed by atoms with Crippen molar-refractivity contribution < 1.29 is 23.0 Å². The second-order valence-corrected chi connectivity index (χ2v) is 9.50.